The monoisotopic (exact) mass is 385 g/mol. The lowest BCUT2D eigenvalue weighted by atomic mass is 10.2. The number of benzene rings is 2. The first-order valence-electron chi connectivity index (χ1n) is 7.15. The maximum absolute atomic E-state index is 12.4. The van der Waals surface area contributed by atoms with Crippen LogP contribution >= 0.6 is 15.9 Å². The molecule has 0 N–H and O–H groups in total. The summed E-state index contributed by atoms with van der Waals surface area (Å²) in [6.07, 6.45) is 1.66. The lowest BCUT2D eigenvalue weighted by molar-refractivity contribution is 0.356. The van der Waals surface area contributed by atoms with E-state index in [9.17, 15) is 4.79 Å². The van der Waals surface area contributed by atoms with Crippen LogP contribution in [0, 0.1) is 0 Å². The van der Waals surface area contributed by atoms with Crippen molar-refractivity contribution in [2.45, 2.75) is 0 Å². The molecule has 6 nitrogen and oxygen atoms in total. The first-order chi connectivity index (χ1) is 11.6. The number of aromatic nitrogens is 3. The minimum Gasteiger partial charge on any atom is -0.493 e. The van der Waals surface area contributed by atoms with Crippen molar-refractivity contribution in [1.82, 2.24) is 14.4 Å². The van der Waals surface area contributed by atoms with Gasteiger partial charge in [0.25, 0.3) is 5.56 Å². The normalized spacial score (nSPS) is 11.3. The Labute approximate surface area is 144 Å². The maximum atomic E-state index is 12.4. The Morgan fingerprint density at radius 2 is 1.79 bits per heavy atom. The third kappa shape index (κ3) is 2.12. The molecule has 0 spiro atoms. The Hall–Kier alpha value is -2.67. The second-order valence-electron chi connectivity index (χ2n) is 5.24. The van der Waals surface area contributed by atoms with Gasteiger partial charge >= 0.3 is 0 Å². The van der Waals surface area contributed by atoms with Gasteiger partial charge in [-0.3, -0.25) is 9.20 Å². The number of halogens is 1. The fourth-order valence-electron chi connectivity index (χ4n) is 2.79. The molecule has 2 aromatic carbocycles. The highest BCUT2D eigenvalue weighted by molar-refractivity contribution is 9.10. The van der Waals surface area contributed by atoms with Crippen molar-refractivity contribution < 1.29 is 9.47 Å². The van der Waals surface area contributed by atoms with Crippen molar-refractivity contribution in [2.24, 2.45) is 0 Å². The number of methoxy groups -OCH3 is 2. The van der Waals surface area contributed by atoms with Gasteiger partial charge in [-0.2, -0.15) is 4.98 Å². The number of nitrogens with zero attached hydrogens (tertiary/aromatic N) is 3. The number of fused-ring (bicyclic) bond motifs is 5. The van der Waals surface area contributed by atoms with Crippen LogP contribution in [-0.2, 0) is 0 Å². The molecule has 4 rings (SSSR count). The molecule has 7 heteroatoms. The van der Waals surface area contributed by atoms with Crippen molar-refractivity contribution in [3.05, 3.63) is 51.5 Å². The van der Waals surface area contributed by atoms with E-state index in [1.54, 1.807) is 43.1 Å². The molecule has 0 saturated heterocycles. The highest BCUT2D eigenvalue weighted by Crippen LogP contribution is 2.32. The van der Waals surface area contributed by atoms with E-state index in [0.29, 0.717) is 28.0 Å². The first kappa shape index (κ1) is 14.9. The van der Waals surface area contributed by atoms with E-state index in [4.69, 9.17) is 9.47 Å². The van der Waals surface area contributed by atoms with E-state index in [1.165, 1.54) is 0 Å². The largest absolute Gasteiger partial charge is 0.493 e. The van der Waals surface area contributed by atoms with Crippen LogP contribution in [0.4, 0.5) is 0 Å². The third-order valence-electron chi connectivity index (χ3n) is 3.94. The van der Waals surface area contributed by atoms with Gasteiger partial charge in [0.15, 0.2) is 17.1 Å². The Bertz CT molecular complexity index is 1170. The molecule has 0 unspecified atom stereocenters. The Kier molecular flexibility index (Phi) is 3.38. The van der Waals surface area contributed by atoms with Crippen LogP contribution in [0.3, 0.4) is 0 Å². The molecule has 24 heavy (non-hydrogen) atoms. The molecule has 0 bridgehead atoms. The van der Waals surface area contributed by atoms with Gasteiger partial charge in [-0.15, -0.1) is 0 Å². The van der Waals surface area contributed by atoms with Gasteiger partial charge in [0.05, 0.1) is 30.6 Å². The Morgan fingerprint density at radius 3 is 2.54 bits per heavy atom. The summed E-state index contributed by atoms with van der Waals surface area (Å²) in [4.78, 5) is 21.2. The average Bonchev–Trinajstić information content (AvgIpc) is 2.60. The summed E-state index contributed by atoms with van der Waals surface area (Å²) in [6.45, 7) is 0. The highest BCUT2D eigenvalue weighted by Gasteiger charge is 2.13. The summed E-state index contributed by atoms with van der Waals surface area (Å²) >= 11 is 3.38. The maximum Gasteiger partial charge on any atom is 0.281 e. The van der Waals surface area contributed by atoms with Gasteiger partial charge in [0.2, 0.25) is 0 Å². The van der Waals surface area contributed by atoms with Crippen LogP contribution in [0.2, 0.25) is 0 Å². The van der Waals surface area contributed by atoms with Crippen LogP contribution in [0.1, 0.15) is 0 Å². The molecule has 4 aromatic rings. The van der Waals surface area contributed by atoms with Crippen LogP contribution < -0.4 is 15.0 Å². The molecule has 0 radical (unpaired) electrons. The van der Waals surface area contributed by atoms with Crippen LogP contribution in [0.5, 0.6) is 11.5 Å². The molecule has 120 valence electrons. The molecular formula is C17H12BrN3O3. The fourth-order valence-corrected chi connectivity index (χ4v) is 3.16. The standard InChI is InChI=1S/C17H12BrN3O3/c1-23-14-6-10-12(7-15(14)24-2)19-8-21-13-4-3-9(18)5-11(13)17(22)20-16(10)21/h3-8H,1-2H3. The topological polar surface area (TPSA) is 65.7 Å². The Balaban J connectivity index is 2.20. The molecule has 0 aliphatic rings. The molecular weight excluding hydrogens is 374 g/mol. The predicted octanol–water partition coefficient (Wildman–Crippen LogP) is 3.18. The molecule has 0 fully saturated rings. The molecule has 2 heterocycles. The van der Waals surface area contributed by atoms with Gasteiger partial charge in [0.1, 0.15) is 6.33 Å². The smallest absolute Gasteiger partial charge is 0.281 e. The SMILES string of the molecule is COc1cc2ncn3c4ccc(Br)cc4c(=O)nc3c2cc1OC. The highest BCUT2D eigenvalue weighted by atomic mass is 79.9. The minimum atomic E-state index is -0.284. The molecule has 2 aromatic heterocycles. The molecule has 0 atom stereocenters. The fraction of sp³-hybridized carbons (Fsp3) is 0.118. The average molecular weight is 386 g/mol. The third-order valence-corrected chi connectivity index (χ3v) is 4.43. The van der Waals surface area contributed by atoms with Gasteiger partial charge in [-0.1, -0.05) is 15.9 Å². The van der Waals surface area contributed by atoms with Gasteiger partial charge in [-0.25, -0.2) is 4.98 Å². The summed E-state index contributed by atoms with van der Waals surface area (Å²) in [5, 5.41) is 1.25. The van der Waals surface area contributed by atoms with Crippen molar-refractivity contribution in [3.63, 3.8) is 0 Å². The van der Waals surface area contributed by atoms with Crippen molar-refractivity contribution in [2.75, 3.05) is 14.2 Å². The molecule has 0 aliphatic carbocycles. The van der Waals surface area contributed by atoms with Crippen LogP contribution in [0.15, 0.2) is 45.9 Å². The van der Waals surface area contributed by atoms with E-state index < -0.39 is 0 Å². The van der Waals surface area contributed by atoms with Gasteiger partial charge in [-0.05, 0) is 24.3 Å². The van der Waals surface area contributed by atoms with E-state index in [0.717, 1.165) is 15.4 Å². The quantitative estimate of drug-likeness (QED) is 0.495. The van der Waals surface area contributed by atoms with E-state index in [-0.39, 0.29) is 5.56 Å². The van der Waals surface area contributed by atoms with E-state index in [1.807, 2.05) is 12.1 Å². The number of ether oxygens (including phenoxy) is 2. The van der Waals surface area contributed by atoms with E-state index in [2.05, 4.69) is 25.9 Å². The summed E-state index contributed by atoms with van der Waals surface area (Å²) in [6, 6.07) is 9.06. The van der Waals surface area contributed by atoms with Crippen molar-refractivity contribution in [1.29, 1.82) is 0 Å². The number of hydrogen-bond donors (Lipinski definition) is 0. The lowest BCUT2D eigenvalue weighted by Crippen LogP contribution is -2.11. The number of hydrogen-bond acceptors (Lipinski definition) is 5. The zero-order valence-electron chi connectivity index (χ0n) is 12.9. The summed E-state index contributed by atoms with van der Waals surface area (Å²) in [5.74, 6) is 1.14. The second-order valence-corrected chi connectivity index (χ2v) is 6.16. The zero-order chi connectivity index (χ0) is 16.8. The summed E-state index contributed by atoms with van der Waals surface area (Å²) in [5.41, 5.74) is 1.67. The molecule has 0 aliphatic heterocycles. The number of rotatable bonds is 2. The predicted molar refractivity (Wildman–Crippen MR) is 95.1 cm³/mol. The second kappa shape index (κ2) is 5.45. The lowest BCUT2D eigenvalue weighted by Gasteiger charge is -2.11. The minimum absolute atomic E-state index is 0.284. The van der Waals surface area contributed by atoms with E-state index >= 15 is 0 Å². The van der Waals surface area contributed by atoms with Crippen molar-refractivity contribution >= 4 is 43.4 Å². The zero-order valence-corrected chi connectivity index (χ0v) is 14.5. The van der Waals surface area contributed by atoms with Crippen molar-refractivity contribution in [3.8, 4) is 11.5 Å². The van der Waals surface area contributed by atoms with Crippen LogP contribution in [0.25, 0.3) is 27.5 Å². The van der Waals surface area contributed by atoms with Crippen LogP contribution in [-0.4, -0.2) is 28.6 Å². The van der Waals surface area contributed by atoms with Gasteiger partial charge < -0.3 is 9.47 Å². The molecule has 0 amide bonds. The summed E-state index contributed by atoms with van der Waals surface area (Å²) < 4.78 is 13.3. The molecule has 0 saturated carbocycles. The summed E-state index contributed by atoms with van der Waals surface area (Å²) in [7, 11) is 3.13. The van der Waals surface area contributed by atoms with Gasteiger partial charge in [0, 0.05) is 15.9 Å². The first-order valence-corrected chi connectivity index (χ1v) is 7.94. The Morgan fingerprint density at radius 1 is 1.04 bits per heavy atom.